The van der Waals surface area contributed by atoms with E-state index in [0.29, 0.717) is 12.3 Å². The molecule has 7 nitrogen and oxygen atoms in total. The monoisotopic (exact) mass is 492 g/mol. The van der Waals surface area contributed by atoms with E-state index in [9.17, 15) is 5.11 Å². The standard InChI is InChI=1S/C19H32N4O3.HI/c1-5-20-18(21-13-15-12-16(25-4)6-7-17(15)24)22-14-19(2,3)23-8-10-26-11-9-23;/h6-7,12,24H,5,8-11,13-14H2,1-4H3,(H2,20,21,22);1H. The van der Waals surface area contributed by atoms with Gasteiger partial charge in [0.1, 0.15) is 11.5 Å². The van der Waals surface area contributed by atoms with Crippen LogP contribution >= 0.6 is 24.0 Å². The Bertz CT molecular complexity index is 605. The van der Waals surface area contributed by atoms with E-state index < -0.39 is 0 Å². The average Bonchev–Trinajstić information content (AvgIpc) is 2.66. The van der Waals surface area contributed by atoms with Gasteiger partial charge in [0.2, 0.25) is 0 Å². The number of nitrogens with zero attached hydrogens (tertiary/aromatic N) is 2. The van der Waals surface area contributed by atoms with Crippen molar-refractivity contribution in [2.45, 2.75) is 32.9 Å². The summed E-state index contributed by atoms with van der Waals surface area (Å²) in [4.78, 5) is 7.04. The minimum atomic E-state index is -0.00191. The van der Waals surface area contributed by atoms with Crippen molar-refractivity contribution >= 4 is 29.9 Å². The molecule has 0 atom stereocenters. The third-order valence-electron chi connectivity index (χ3n) is 4.59. The number of phenolic OH excluding ortho intramolecular Hbond substituents is 1. The predicted octanol–water partition coefficient (Wildman–Crippen LogP) is 2.18. The van der Waals surface area contributed by atoms with Crippen LogP contribution in [0.5, 0.6) is 11.5 Å². The van der Waals surface area contributed by atoms with E-state index in [4.69, 9.17) is 9.47 Å². The topological polar surface area (TPSA) is 78.4 Å². The van der Waals surface area contributed by atoms with Crippen LogP contribution < -0.4 is 15.4 Å². The molecule has 3 N–H and O–H groups in total. The maximum atomic E-state index is 10.0. The van der Waals surface area contributed by atoms with Crippen molar-refractivity contribution in [2.24, 2.45) is 4.99 Å². The SMILES string of the molecule is CCNC(=NCc1cc(OC)ccc1O)NCC(C)(C)N1CCOCC1.I. The molecule has 0 amide bonds. The fourth-order valence-corrected chi connectivity index (χ4v) is 2.90. The van der Waals surface area contributed by atoms with E-state index in [0.717, 1.165) is 50.9 Å². The molecular weight excluding hydrogens is 459 g/mol. The van der Waals surface area contributed by atoms with Gasteiger partial charge in [-0.25, -0.2) is 4.99 Å². The fraction of sp³-hybridized carbons (Fsp3) is 0.632. The first-order chi connectivity index (χ1) is 12.5. The maximum Gasteiger partial charge on any atom is 0.191 e. The summed E-state index contributed by atoms with van der Waals surface area (Å²) in [6, 6.07) is 5.17. The molecule has 0 radical (unpaired) electrons. The Hall–Kier alpha value is -1.26. The summed E-state index contributed by atoms with van der Waals surface area (Å²) in [6.07, 6.45) is 0. The van der Waals surface area contributed by atoms with Crippen molar-refractivity contribution in [2.75, 3.05) is 46.5 Å². The highest BCUT2D eigenvalue weighted by Crippen LogP contribution is 2.23. The van der Waals surface area contributed by atoms with Gasteiger partial charge in [0.05, 0.1) is 26.9 Å². The number of aliphatic imine (C=N–C) groups is 1. The number of rotatable bonds is 7. The summed E-state index contributed by atoms with van der Waals surface area (Å²) in [6.45, 7) is 11.9. The summed E-state index contributed by atoms with van der Waals surface area (Å²) in [5, 5.41) is 16.7. The van der Waals surface area contributed by atoms with E-state index in [1.165, 1.54) is 0 Å². The molecule has 0 aliphatic carbocycles. The minimum absolute atomic E-state index is 0. The zero-order chi connectivity index (χ0) is 19.0. The number of hydrogen-bond donors (Lipinski definition) is 3. The molecule has 8 heteroatoms. The number of guanidine groups is 1. The molecule has 0 aromatic heterocycles. The van der Waals surface area contributed by atoms with Crippen molar-refractivity contribution in [3.8, 4) is 11.5 Å². The van der Waals surface area contributed by atoms with E-state index in [-0.39, 0.29) is 35.3 Å². The molecular formula is C19H33IN4O3. The van der Waals surface area contributed by atoms with Crippen molar-refractivity contribution in [1.29, 1.82) is 0 Å². The summed E-state index contributed by atoms with van der Waals surface area (Å²) in [5.41, 5.74) is 0.729. The van der Waals surface area contributed by atoms with Crippen LogP contribution in [0.25, 0.3) is 0 Å². The van der Waals surface area contributed by atoms with Crippen LogP contribution in [0.15, 0.2) is 23.2 Å². The molecule has 0 spiro atoms. The molecule has 1 saturated heterocycles. The predicted molar refractivity (Wildman–Crippen MR) is 119 cm³/mol. The molecule has 0 unspecified atom stereocenters. The molecule has 27 heavy (non-hydrogen) atoms. The Kier molecular flexibility index (Phi) is 10.2. The fourth-order valence-electron chi connectivity index (χ4n) is 2.90. The lowest BCUT2D eigenvalue weighted by Crippen LogP contribution is -2.56. The number of hydrogen-bond acceptors (Lipinski definition) is 5. The van der Waals surface area contributed by atoms with Crippen LogP contribution in [-0.4, -0.2) is 68.0 Å². The Labute approximate surface area is 179 Å². The molecule has 2 rings (SSSR count). The maximum absolute atomic E-state index is 10.0. The zero-order valence-corrected chi connectivity index (χ0v) is 19.1. The summed E-state index contributed by atoms with van der Waals surface area (Å²) < 4.78 is 10.7. The smallest absolute Gasteiger partial charge is 0.191 e. The lowest BCUT2D eigenvalue weighted by atomic mass is 10.0. The Morgan fingerprint density at radius 1 is 1.30 bits per heavy atom. The summed E-state index contributed by atoms with van der Waals surface area (Å²) in [7, 11) is 1.61. The first-order valence-corrected chi connectivity index (χ1v) is 9.17. The lowest BCUT2D eigenvalue weighted by Gasteiger charge is -2.41. The van der Waals surface area contributed by atoms with Crippen LogP contribution in [0, 0.1) is 0 Å². The number of methoxy groups -OCH3 is 1. The van der Waals surface area contributed by atoms with Gasteiger partial charge in [-0.2, -0.15) is 0 Å². The second-order valence-corrected chi connectivity index (χ2v) is 6.96. The second kappa shape index (κ2) is 11.6. The van der Waals surface area contributed by atoms with Crippen LogP contribution in [-0.2, 0) is 11.3 Å². The highest BCUT2D eigenvalue weighted by Gasteiger charge is 2.28. The molecule has 1 heterocycles. The largest absolute Gasteiger partial charge is 0.508 e. The van der Waals surface area contributed by atoms with Gasteiger partial charge in [0.15, 0.2) is 5.96 Å². The van der Waals surface area contributed by atoms with Crippen molar-refractivity contribution in [3.63, 3.8) is 0 Å². The molecule has 1 aromatic carbocycles. The average molecular weight is 492 g/mol. The van der Waals surface area contributed by atoms with Gasteiger partial charge in [0, 0.05) is 37.3 Å². The van der Waals surface area contributed by atoms with E-state index >= 15 is 0 Å². The van der Waals surface area contributed by atoms with Crippen molar-refractivity contribution < 1.29 is 14.6 Å². The summed E-state index contributed by atoms with van der Waals surface area (Å²) in [5.74, 6) is 1.66. The van der Waals surface area contributed by atoms with Gasteiger partial charge >= 0.3 is 0 Å². The van der Waals surface area contributed by atoms with Crippen LogP contribution in [0.3, 0.4) is 0 Å². The molecule has 0 bridgehead atoms. The quantitative estimate of drug-likeness (QED) is 0.308. The molecule has 1 aliphatic rings. The molecule has 1 fully saturated rings. The molecule has 1 aliphatic heterocycles. The van der Waals surface area contributed by atoms with Crippen molar-refractivity contribution in [1.82, 2.24) is 15.5 Å². The number of aromatic hydroxyl groups is 1. The second-order valence-electron chi connectivity index (χ2n) is 6.96. The lowest BCUT2D eigenvalue weighted by molar-refractivity contribution is -0.00834. The number of nitrogens with one attached hydrogen (secondary N) is 2. The van der Waals surface area contributed by atoms with E-state index in [1.807, 2.05) is 6.92 Å². The van der Waals surface area contributed by atoms with Gasteiger partial charge in [-0.3, -0.25) is 4.90 Å². The van der Waals surface area contributed by atoms with E-state index in [1.54, 1.807) is 25.3 Å². The third kappa shape index (κ3) is 7.34. The number of halogens is 1. The number of phenols is 1. The zero-order valence-electron chi connectivity index (χ0n) is 16.7. The minimum Gasteiger partial charge on any atom is -0.508 e. The van der Waals surface area contributed by atoms with Crippen LogP contribution in [0.4, 0.5) is 0 Å². The normalized spacial score (nSPS) is 15.8. The first-order valence-electron chi connectivity index (χ1n) is 9.17. The number of benzene rings is 1. The van der Waals surface area contributed by atoms with Crippen LogP contribution in [0.1, 0.15) is 26.3 Å². The molecule has 0 saturated carbocycles. The number of ether oxygens (including phenoxy) is 2. The molecule has 1 aromatic rings. The van der Waals surface area contributed by atoms with Gasteiger partial charge < -0.3 is 25.2 Å². The highest BCUT2D eigenvalue weighted by atomic mass is 127. The number of morpholine rings is 1. The van der Waals surface area contributed by atoms with Crippen LogP contribution in [0.2, 0.25) is 0 Å². The Balaban J connectivity index is 0.00000364. The Morgan fingerprint density at radius 2 is 2.00 bits per heavy atom. The molecule has 154 valence electrons. The highest BCUT2D eigenvalue weighted by molar-refractivity contribution is 14.0. The van der Waals surface area contributed by atoms with Gasteiger partial charge in [-0.1, -0.05) is 0 Å². The third-order valence-corrected chi connectivity index (χ3v) is 4.59. The first kappa shape index (κ1) is 23.8. The summed E-state index contributed by atoms with van der Waals surface area (Å²) >= 11 is 0. The van der Waals surface area contributed by atoms with Gasteiger partial charge in [-0.15, -0.1) is 24.0 Å². The van der Waals surface area contributed by atoms with Gasteiger partial charge in [0.25, 0.3) is 0 Å². The van der Waals surface area contributed by atoms with Crippen molar-refractivity contribution in [3.05, 3.63) is 23.8 Å². The van der Waals surface area contributed by atoms with Gasteiger partial charge in [-0.05, 0) is 39.0 Å². The van der Waals surface area contributed by atoms with E-state index in [2.05, 4.69) is 34.4 Å². The Morgan fingerprint density at radius 3 is 2.63 bits per heavy atom.